The minimum atomic E-state index is -0.551. The third-order valence-corrected chi connectivity index (χ3v) is 5.91. The third kappa shape index (κ3) is 4.97. The number of para-hydroxylation sites is 1. The number of rotatable bonds is 6. The molecule has 1 N–H and O–H groups in total. The molecule has 3 aromatic rings. The molecule has 0 unspecified atom stereocenters. The van der Waals surface area contributed by atoms with Crippen LogP contribution in [0, 0.1) is 17.6 Å². The summed E-state index contributed by atoms with van der Waals surface area (Å²) in [4.78, 5) is 15.0. The van der Waals surface area contributed by atoms with Gasteiger partial charge in [0.15, 0.2) is 0 Å². The molecular formula is C26H26F2N2O2. The summed E-state index contributed by atoms with van der Waals surface area (Å²) < 4.78 is 33.3. The second-order valence-electron chi connectivity index (χ2n) is 8.04. The monoisotopic (exact) mass is 436 g/mol. The van der Waals surface area contributed by atoms with Gasteiger partial charge >= 0.3 is 0 Å². The Morgan fingerprint density at radius 1 is 1.03 bits per heavy atom. The summed E-state index contributed by atoms with van der Waals surface area (Å²) in [5, 5.41) is 3.07. The van der Waals surface area contributed by atoms with Gasteiger partial charge in [-0.05, 0) is 55.3 Å². The van der Waals surface area contributed by atoms with Crippen molar-refractivity contribution in [2.24, 2.45) is 5.92 Å². The summed E-state index contributed by atoms with van der Waals surface area (Å²) in [5.41, 5.74) is 2.69. The summed E-state index contributed by atoms with van der Waals surface area (Å²) in [6.45, 7) is 1.33. The molecule has 1 aliphatic heterocycles. The van der Waals surface area contributed by atoms with E-state index in [1.807, 2.05) is 53.4 Å². The molecule has 1 atom stereocenters. The summed E-state index contributed by atoms with van der Waals surface area (Å²) in [5.74, 6) is -0.661. The van der Waals surface area contributed by atoms with E-state index in [9.17, 15) is 13.6 Å². The van der Waals surface area contributed by atoms with Crippen LogP contribution in [0.1, 0.15) is 18.4 Å². The van der Waals surface area contributed by atoms with Gasteiger partial charge in [-0.15, -0.1) is 0 Å². The van der Waals surface area contributed by atoms with Gasteiger partial charge < -0.3 is 10.1 Å². The lowest BCUT2D eigenvalue weighted by Gasteiger charge is -2.32. The van der Waals surface area contributed by atoms with Gasteiger partial charge in [0.25, 0.3) is 0 Å². The Bertz CT molecular complexity index is 1070. The average molecular weight is 437 g/mol. The first-order chi connectivity index (χ1) is 15.5. The molecule has 166 valence electrons. The van der Waals surface area contributed by atoms with Crippen molar-refractivity contribution < 1.29 is 18.3 Å². The molecule has 1 saturated heterocycles. The van der Waals surface area contributed by atoms with E-state index in [-0.39, 0.29) is 23.9 Å². The number of nitrogens with one attached hydrogen (secondary N) is 1. The number of halogens is 2. The minimum absolute atomic E-state index is 0.0541. The molecule has 1 heterocycles. The van der Waals surface area contributed by atoms with E-state index in [0.29, 0.717) is 13.1 Å². The third-order valence-electron chi connectivity index (χ3n) is 5.91. The number of ether oxygens (including phenoxy) is 1. The highest BCUT2D eigenvalue weighted by atomic mass is 19.1. The van der Waals surface area contributed by atoms with Crippen molar-refractivity contribution in [3.63, 3.8) is 0 Å². The Labute approximate surface area is 186 Å². The Balaban J connectivity index is 1.46. The van der Waals surface area contributed by atoms with Crippen LogP contribution in [0.5, 0.6) is 5.75 Å². The second-order valence-corrected chi connectivity index (χ2v) is 8.04. The van der Waals surface area contributed by atoms with Gasteiger partial charge in [0, 0.05) is 29.9 Å². The molecular weight excluding hydrogens is 410 g/mol. The van der Waals surface area contributed by atoms with E-state index < -0.39 is 11.6 Å². The van der Waals surface area contributed by atoms with E-state index >= 15 is 0 Å². The Kier molecular flexibility index (Phi) is 6.81. The number of carbonyl (C=O) groups excluding carboxylic acids is 1. The van der Waals surface area contributed by atoms with Crippen LogP contribution in [-0.2, 0) is 11.3 Å². The molecule has 0 spiro atoms. The van der Waals surface area contributed by atoms with Crippen molar-refractivity contribution in [2.75, 3.05) is 25.5 Å². The predicted octanol–water partition coefficient (Wildman–Crippen LogP) is 5.49. The number of carbonyl (C=O) groups is 1. The van der Waals surface area contributed by atoms with E-state index in [2.05, 4.69) is 5.32 Å². The highest BCUT2D eigenvalue weighted by Gasteiger charge is 2.27. The zero-order valence-electron chi connectivity index (χ0n) is 18.0. The maximum Gasteiger partial charge on any atom is 0.228 e. The van der Waals surface area contributed by atoms with Gasteiger partial charge in [-0.3, -0.25) is 9.69 Å². The van der Waals surface area contributed by atoms with Gasteiger partial charge in [0.05, 0.1) is 13.0 Å². The molecule has 0 bridgehead atoms. The lowest BCUT2D eigenvalue weighted by atomic mass is 9.96. The van der Waals surface area contributed by atoms with Crippen molar-refractivity contribution in [2.45, 2.75) is 19.4 Å². The molecule has 32 heavy (non-hydrogen) atoms. The van der Waals surface area contributed by atoms with Gasteiger partial charge in [-0.1, -0.05) is 36.4 Å². The fourth-order valence-electron chi connectivity index (χ4n) is 4.17. The zero-order chi connectivity index (χ0) is 22.5. The molecule has 1 amide bonds. The first-order valence-electron chi connectivity index (χ1n) is 10.7. The summed E-state index contributed by atoms with van der Waals surface area (Å²) >= 11 is 0. The largest absolute Gasteiger partial charge is 0.497 e. The number of nitrogens with zero attached hydrogens (tertiary/aromatic N) is 1. The van der Waals surface area contributed by atoms with Gasteiger partial charge in [0.1, 0.15) is 17.4 Å². The van der Waals surface area contributed by atoms with Crippen LogP contribution in [0.25, 0.3) is 11.1 Å². The van der Waals surface area contributed by atoms with Crippen LogP contribution < -0.4 is 10.1 Å². The molecule has 0 saturated carbocycles. The number of hydrogen-bond acceptors (Lipinski definition) is 3. The highest BCUT2D eigenvalue weighted by Crippen LogP contribution is 2.30. The number of methoxy groups -OCH3 is 1. The molecule has 6 heteroatoms. The quantitative estimate of drug-likeness (QED) is 0.556. The van der Waals surface area contributed by atoms with Crippen molar-refractivity contribution >= 4 is 11.6 Å². The van der Waals surface area contributed by atoms with Crippen LogP contribution in [0.15, 0.2) is 66.7 Å². The minimum Gasteiger partial charge on any atom is -0.497 e. The molecule has 0 radical (unpaired) electrons. The lowest BCUT2D eigenvalue weighted by Crippen LogP contribution is -2.40. The molecule has 4 nitrogen and oxygen atoms in total. The summed E-state index contributed by atoms with van der Waals surface area (Å²) in [6.07, 6.45) is 1.54. The number of benzene rings is 3. The molecule has 3 aromatic carbocycles. The van der Waals surface area contributed by atoms with E-state index in [1.54, 1.807) is 7.11 Å². The van der Waals surface area contributed by atoms with Crippen LogP contribution in [0.4, 0.5) is 14.5 Å². The highest BCUT2D eigenvalue weighted by molar-refractivity contribution is 5.97. The van der Waals surface area contributed by atoms with E-state index in [1.165, 1.54) is 18.2 Å². The Hall–Kier alpha value is -3.25. The van der Waals surface area contributed by atoms with Crippen molar-refractivity contribution in [1.82, 2.24) is 4.90 Å². The van der Waals surface area contributed by atoms with Crippen molar-refractivity contribution in [3.8, 4) is 16.9 Å². The summed E-state index contributed by atoms with van der Waals surface area (Å²) in [7, 11) is 1.62. The number of hydrogen-bond donors (Lipinski definition) is 1. The number of piperidine rings is 1. The second kappa shape index (κ2) is 9.92. The number of anilines is 1. The smallest absolute Gasteiger partial charge is 0.228 e. The molecule has 1 aliphatic rings. The Morgan fingerprint density at radius 3 is 2.47 bits per heavy atom. The van der Waals surface area contributed by atoms with Gasteiger partial charge in [-0.25, -0.2) is 8.78 Å². The van der Waals surface area contributed by atoms with E-state index in [0.717, 1.165) is 35.4 Å². The zero-order valence-corrected chi connectivity index (χ0v) is 18.0. The number of likely N-dealkylation sites (tertiary alicyclic amines) is 1. The van der Waals surface area contributed by atoms with Crippen LogP contribution >= 0.6 is 0 Å². The molecule has 0 aromatic heterocycles. The molecule has 0 aliphatic carbocycles. The fraction of sp³-hybridized carbons (Fsp3) is 0.269. The standard InChI is InChI=1S/C26H26F2N2O2/c1-32-20-13-11-18(12-14-20)21-7-2-3-10-25(21)29-26(31)19-6-5-15-30(16-19)17-22-23(27)8-4-9-24(22)28/h2-4,7-14,19H,5-6,15-17H2,1H3,(H,29,31)/t19-/m1/s1. The maximum atomic E-state index is 14.0. The van der Waals surface area contributed by atoms with Gasteiger partial charge in [0.2, 0.25) is 5.91 Å². The maximum absolute atomic E-state index is 14.0. The van der Waals surface area contributed by atoms with Crippen molar-refractivity contribution in [3.05, 3.63) is 83.9 Å². The topological polar surface area (TPSA) is 41.6 Å². The first-order valence-corrected chi connectivity index (χ1v) is 10.7. The average Bonchev–Trinajstić information content (AvgIpc) is 2.82. The van der Waals surface area contributed by atoms with E-state index in [4.69, 9.17) is 4.74 Å². The van der Waals surface area contributed by atoms with Crippen LogP contribution in [0.3, 0.4) is 0 Å². The fourth-order valence-corrected chi connectivity index (χ4v) is 4.17. The molecule has 1 fully saturated rings. The first kappa shape index (κ1) is 22.0. The number of amides is 1. The summed E-state index contributed by atoms with van der Waals surface area (Å²) in [6, 6.07) is 19.2. The van der Waals surface area contributed by atoms with Gasteiger partial charge in [-0.2, -0.15) is 0 Å². The van der Waals surface area contributed by atoms with Crippen LogP contribution in [-0.4, -0.2) is 31.0 Å². The van der Waals surface area contributed by atoms with Crippen LogP contribution in [0.2, 0.25) is 0 Å². The lowest BCUT2D eigenvalue weighted by molar-refractivity contribution is -0.121. The normalized spacial score (nSPS) is 16.5. The predicted molar refractivity (Wildman–Crippen MR) is 121 cm³/mol. The van der Waals surface area contributed by atoms with Crippen molar-refractivity contribution in [1.29, 1.82) is 0 Å². The Morgan fingerprint density at radius 2 is 1.75 bits per heavy atom. The SMILES string of the molecule is COc1ccc(-c2ccccc2NC(=O)[C@@H]2CCCN(Cc3c(F)cccc3F)C2)cc1. The molecule has 4 rings (SSSR count).